The molecule has 4 aromatic rings. The molecule has 27 heavy (non-hydrogen) atoms. The fourth-order valence-corrected chi connectivity index (χ4v) is 3.85. The van der Waals surface area contributed by atoms with Crippen LogP contribution >= 0.6 is 0 Å². The van der Waals surface area contributed by atoms with Gasteiger partial charge in [0.05, 0.1) is 16.9 Å². The fourth-order valence-electron chi connectivity index (χ4n) is 3.85. The number of nitrogens with one attached hydrogen (secondary N) is 2. The lowest BCUT2D eigenvalue weighted by molar-refractivity contribution is 0.382. The first kappa shape index (κ1) is 15.6. The van der Waals surface area contributed by atoms with E-state index in [1.165, 1.54) is 0 Å². The first-order chi connectivity index (χ1) is 13.2. The van der Waals surface area contributed by atoms with Gasteiger partial charge in [0.1, 0.15) is 11.7 Å². The molecule has 1 unspecified atom stereocenters. The second-order valence-corrected chi connectivity index (χ2v) is 6.70. The monoisotopic (exact) mass is 360 g/mol. The van der Waals surface area contributed by atoms with Crippen LogP contribution in [0.2, 0.25) is 0 Å². The molecule has 1 atom stereocenters. The summed E-state index contributed by atoms with van der Waals surface area (Å²) in [6.45, 7) is 1.57. The predicted molar refractivity (Wildman–Crippen MR) is 99.4 cm³/mol. The molecule has 9 heteroatoms. The van der Waals surface area contributed by atoms with Crippen molar-refractivity contribution >= 4 is 27.8 Å². The van der Waals surface area contributed by atoms with Crippen LogP contribution in [0.5, 0.6) is 0 Å². The Labute approximate surface area is 153 Å². The lowest BCUT2D eigenvalue weighted by Gasteiger charge is -2.34. The van der Waals surface area contributed by atoms with Crippen molar-refractivity contribution in [2.24, 2.45) is 0 Å². The molecule has 1 aliphatic rings. The Hall–Kier alpha value is -3.67. The molecule has 0 amide bonds. The standard InChI is InChI=1S/C18H16N8O/c19-8-11-3-4-15(23-22-11)25-7-1-2-12(10-25)26-16-13-5-6-20-17(13)21-9-14(16)18(27)24-26/h3-6,9,12H,1-2,7,10H2,(H,20,21)(H,24,27). The molecule has 0 aliphatic carbocycles. The van der Waals surface area contributed by atoms with Gasteiger partial charge in [-0.15, -0.1) is 10.2 Å². The molecule has 1 fully saturated rings. The zero-order valence-corrected chi connectivity index (χ0v) is 14.4. The largest absolute Gasteiger partial charge is 0.353 e. The van der Waals surface area contributed by atoms with E-state index >= 15 is 0 Å². The summed E-state index contributed by atoms with van der Waals surface area (Å²) in [5.74, 6) is 0.742. The highest BCUT2D eigenvalue weighted by Gasteiger charge is 2.25. The van der Waals surface area contributed by atoms with Gasteiger partial charge in [0.15, 0.2) is 11.5 Å². The van der Waals surface area contributed by atoms with Crippen molar-refractivity contribution in [3.05, 3.63) is 46.6 Å². The third-order valence-corrected chi connectivity index (χ3v) is 5.12. The highest BCUT2D eigenvalue weighted by atomic mass is 16.1. The lowest BCUT2D eigenvalue weighted by Crippen LogP contribution is -2.37. The Morgan fingerprint density at radius 2 is 2.15 bits per heavy atom. The van der Waals surface area contributed by atoms with Gasteiger partial charge >= 0.3 is 0 Å². The van der Waals surface area contributed by atoms with E-state index in [0.717, 1.165) is 41.8 Å². The molecule has 0 bridgehead atoms. The maximum Gasteiger partial charge on any atom is 0.273 e. The van der Waals surface area contributed by atoms with E-state index in [4.69, 9.17) is 5.26 Å². The van der Waals surface area contributed by atoms with Crippen LogP contribution in [-0.2, 0) is 0 Å². The number of piperidine rings is 1. The Morgan fingerprint density at radius 1 is 1.22 bits per heavy atom. The average Bonchev–Trinajstić information content (AvgIpc) is 3.32. The summed E-state index contributed by atoms with van der Waals surface area (Å²) in [5, 5.41) is 21.5. The Balaban J connectivity index is 1.55. The zero-order valence-electron chi connectivity index (χ0n) is 14.4. The van der Waals surface area contributed by atoms with E-state index in [9.17, 15) is 4.79 Å². The van der Waals surface area contributed by atoms with Gasteiger partial charge < -0.3 is 9.88 Å². The smallest absolute Gasteiger partial charge is 0.273 e. The number of fused-ring (bicyclic) bond motifs is 3. The van der Waals surface area contributed by atoms with Crippen molar-refractivity contribution in [3.63, 3.8) is 0 Å². The Kier molecular flexibility index (Phi) is 3.43. The van der Waals surface area contributed by atoms with Crippen LogP contribution in [0, 0.1) is 11.3 Å². The number of aromatic amines is 2. The second-order valence-electron chi connectivity index (χ2n) is 6.70. The molecule has 0 aromatic carbocycles. The second kappa shape index (κ2) is 5.95. The molecule has 0 spiro atoms. The van der Waals surface area contributed by atoms with Crippen LogP contribution in [0.3, 0.4) is 0 Å². The SMILES string of the molecule is N#Cc1ccc(N2CCCC(n3[nH]c(=O)c4cnc5[nH]ccc5c43)C2)nn1. The number of aromatic nitrogens is 6. The number of nitriles is 1. The number of rotatable bonds is 2. The van der Waals surface area contributed by atoms with Gasteiger partial charge in [-0.3, -0.25) is 14.6 Å². The van der Waals surface area contributed by atoms with Crippen molar-refractivity contribution in [2.75, 3.05) is 18.0 Å². The minimum atomic E-state index is -0.129. The van der Waals surface area contributed by atoms with Gasteiger partial charge in [-0.1, -0.05) is 0 Å². The molecule has 9 nitrogen and oxygen atoms in total. The molecule has 4 aromatic heterocycles. The quantitative estimate of drug-likeness (QED) is 0.562. The summed E-state index contributed by atoms with van der Waals surface area (Å²) in [6.07, 6.45) is 5.37. The van der Waals surface area contributed by atoms with Crippen LogP contribution in [0.15, 0.2) is 35.4 Å². The number of anilines is 1. The molecule has 2 N–H and O–H groups in total. The molecular formula is C18H16N8O. The highest BCUT2D eigenvalue weighted by Crippen LogP contribution is 2.29. The molecule has 1 saturated heterocycles. The number of H-pyrrole nitrogens is 2. The van der Waals surface area contributed by atoms with Gasteiger partial charge in [0.2, 0.25) is 0 Å². The first-order valence-corrected chi connectivity index (χ1v) is 8.79. The van der Waals surface area contributed by atoms with Gasteiger partial charge in [-0.25, -0.2) is 4.98 Å². The molecular weight excluding hydrogens is 344 g/mol. The fraction of sp³-hybridized carbons (Fsp3) is 0.278. The summed E-state index contributed by atoms with van der Waals surface area (Å²) in [7, 11) is 0. The minimum Gasteiger partial charge on any atom is -0.353 e. The first-order valence-electron chi connectivity index (χ1n) is 8.79. The van der Waals surface area contributed by atoms with Crippen molar-refractivity contribution in [2.45, 2.75) is 18.9 Å². The summed E-state index contributed by atoms with van der Waals surface area (Å²) in [5.41, 5.74) is 1.82. The molecule has 1 aliphatic heterocycles. The summed E-state index contributed by atoms with van der Waals surface area (Å²) in [6, 6.07) is 7.52. The van der Waals surface area contributed by atoms with E-state index < -0.39 is 0 Å². The van der Waals surface area contributed by atoms with Gasteiger partial charge in [0.25, 0.3) is 5.56 Å². The van der Waals surface area contributed by atoms with Crippen molar-refractivity contribution in [3.8, 4) is 6.07 Å². The third-order valence-electron chi connectivity index (χ3n) is 5.12. The predicted octanol–water partition coefficient (Wildman–Crippen LogP) is 1.71. The van der Waals surface area contributed by atoms with E-state index in [0.29, 0.717) is 17.6 Å². The van der Waals surface area contributed by atoms with E-state index in [-0.39, 0.29) is 11.6 Å². The van der Waals surface area contributed by atoms with Crippen LogP contribution in [0.25, 0.3) is 21.9 Å². The summed E-state index contributed by atoms with van der Waals surface area (Å²) in [4.78, 5) is 22.0. The maximum atomic E-state index is 12.4. The third kappa shape index (κ3) is 2.45. The van der Waals surface area contributed by atoms with Crippen molar-refractivity contribution in [1.29, 1.82) is 5.26 Å². The van der Waals surface area contributed by atoms with Gasteiger partial charge in [-0.05, 0) is 31.0 Å². The number of nitrogens with zero attached hydrogens (tertiary/aromatic N) is 6. The zero-order chi connectivity index (χ0) is 18.4. The molecule has 5 heterocycles. The van der Waals surface area contributed by atoms with Crippen LogP contribution < -0.4 is 10.5 Å². The molecule has 5 rings (SSSR count). The van der Waals surface area contributed by atoms with E-state index in [1.54, 1.807) is 12.3 Å². The van der Waals surface area contributed by atoms with Crippen LogP contribution in [0.1, 0.15) is 24.6 Å². The van der Waals surface area contributed by atoms with Crippen molar-refractivity contribution < 1.29 is 0 Å². The number of pyridine rings is 1. The molecule has 0 saturated carbocycles. The summed E-state index contributed by atoms with van der Waals surface area (Å²) >= 11 is 0. The normalized spacial score (nSPS) is 17.4. The highest BCUT2D eigenvalue weighted by molar-refractivity contribution is 6.02. The van der Waals surface area contributed by atoms with Gasteiger partial charge in [0, 0.05) is 30.9 Å². The van der Waals surface area contributed by atoms with E-state index in [1.807, 2.05) is 29.1 Å². The molecule has 134 valence electrons. The lowest BCUT2D eigenvalue weighted by atomic mass is 10.1. The van der Waals surface area contributed by atoms with Gasteiger partial charge in [-0.2, -0.15) is 5.26 Å². The number of hydrogen-bond acceptors (Lipinski definition) is 6. The maximum absolute atomic E-state index is 12.4. The Bertz CT molecular complexity index is 1230. The topological polar surface area (TPSA) is 119 Å². The minimum absolute atomic E-state index is 0.0990. The molecule has 0 radical (unpaired) electrons. The Morgan fingerprint density at radius 3 is 2.96 bits per heavy atom. The average molecular weight is 360 g/mol. The van der Waals surface area contributed by atoms with Crippen LogP contribution in [-0.4, -0.2) is 43.0 Å². The summed E-state index contributed by atoms with van der Waals surface area (Å²) < 4.78 is 1.97. The number of hydrogen-bond donors (Lipinski definition) is 2. The van der Waals surface area contributed by atoms with E-state index in [2.05, 4.69) is 30.2 Å². The van der Waals surface area contributed by atoms with Crippen LogP contribution in [0.4, 0.5) is 5.82 Å². The van der Waals surface area contributed by atoms with Crippen molar-refractivity contribution in [1.82, 2.24) is 29.9 Å².